The Morgan fingerprint density at radius 1 is 1.14 bits per heavy atom. The lowest BCUT2D eigenvalue weighted by Gasteiger charge is -2.09. The number of ether oxygens (including phenoxy) is 1. The minimum Gasteiger partial charge on any atom is -0.497 e. The quantitative estimate of drug-likeness (QED) is 0.562. The molecular weight excluding hydrogens is 405 g/mol. The van der Waals surface area contributed by atoms with Crippen molar-refractivity contribution in [2.24, 2.45) is 0 Å². The number of benzene rings is 1. The van der Waals surface area contributed by atoms with Crippen LogP contribution in [0.15, 0.2) is 48.0 Å². The second-order valence-electron chi connectivity index (χ2n) is 5.88. The largest absolute Gasteiger partial charge is 0.497 e. The van der Waals surface area contributed by atoms with E-state index in [2.05, 4.69) is 20.6 Å². The first-order valence-electron chi connectivity index (χ1n) is 8.52. The predicted octanol–water partition coefficient (Wildman–Crippen LogP) is 4.07. The highest BCUT2D eigenvalue weighted by atomic mass is 32.1. The summed E-state index contributed by atoms with van der Waals surface area (Å²) in [4.78, 5) is 20.2. The number of carbonyl (C=O) groups is 1. The predicted molar refractivity (Wildman–Crippen MR) is 104 cm³/mol. The van der Waals surface area contributed by atoms with E-state index in [1.165, 1.54) is 17.4 Å². The van der Waals surface area contributed by atoms with Gasteiger partial charge in [0.05, 0.1) is 12.7 Å². The molecule has 0 atom stereocenters. The maximum atomic E-state index is 12.5. The third-order valence-corrected chi connectivity index (χ3v) is 4.77. The lowest BCUT2D eigenvalue weighted by Crippen LogP contribution is -2.29. The molecule has 0 bridgehead atoms. The summed E-state index contributed by atoms with van der Waals surface area (Å²) >= 11 is 1.35. The Kier molecular flexibility index (Phi) is 6.32. The second kappa shape index (κ2) is 8.91. The average Bonchev–Trinajstić information content (AvgIpc) is 3.21. The summed E-state index contributed by atoms with van der Waals surface area (Å²) in [6.45, 7) is 0.566. The van der Waals surface area contributed by atoms with E-state index in [0.29, 0.717) is 23.1 Å². The second-order valence-corrected chi connectivity index (χ2v) is 6.74. The van der Waals surface area contributed by atoms with E-state index < -0.39 is 11.7 Å². The van der Waals surface area contributed by atoms with Crippen molar-refractivity contribution in [1.82, 2.24) is 15.3 Å². The van der Waals surface area contributed by atoms with Crippen LogP contribution in [0.4, 0.5) is 19.0 Å². The van der Waals surface area contributed by atoms with Crippen LogP contribution in [0.3, 0.4) is 0 Å². The number of aromatic nitrogens is 2. The molecule has 6 nitrogen and oxygen atoms in total. The zero-order chi connectivity index (χ0) is 20.9. The van der Waals surface area contributed by atoms with Crippen molar-refractivity contribution in [3.8, 4) is 16.3 Å². The number of alkyl halides is 3. The maximum absolute atomic E-state index is 12.5. The fraction of sp³-hybridized carbons (Fsp3) is 0.211. The van der Waals surface area contributed by atoms with Crippen LogP contribution in [0.1, 0.15) is 16.1 Å². The third kappa shape index (κ3) is 5.44. The van der Waals surface area contributed by atoms with E-state index >= 15 is 0 Å². The number of hydrogen-bond donors (Lipinski definition) is 2. The molecule has 29 heavy (non-hydrogen) atoms. The van der Waals surface area contributed by atoms with Gasteiger partial charge in [0.15, 0.2) is 0 Å². The molecule has 0 radical (unpaired) electrons. The molecule has 10 heteroatoms. The van der Waals surface area contributed by atoms with Gasteiger partial charge in [-0.25, -0.2) is 9.97 Å². The van der Waals surface area contributed by atoms with Crippen molar-refractivity contribution >= 4 is 23.1 Å². The molecule has 2 heterocycles. The third-order valence-electron chi connectivity index (χ3n) is 3.88. The minimum atomic E-state index is -4.42. The van der Waals surface area contributed by atoms with E-state index in [-0.39, 0.29) is 12.5 Å². The standard InChI is InChI=1S/C19H17F3N4O2S/c1-28-14-5-2-12(3-6-14)18-26-15(11-29-18)17(27)24-9-8-23-16-7-4-13(10-25-16)19(20,21)22/h2-7,10-11H,8-9H2,1H3,(H,23,25)(H,24,27). The van der Waals surface area contributed by atoms with E-state index in [1.54, 1.807) is 12.5 Å². The lowest BCUT2D eigenvalue weighted by atomic mass is 10.2. The number of thiazole rings is 1. The highest BCUT2D eigenvalue weighted by Gasteiger charge is 2.30. The van der Waals surface area contributed by atoms with Crippen molar-refractivity contribution in [3.63, 3.8) is 0 Å². The summed E-state index contributed by atoms with van der Waals surface area (Å²) < 4.78 is 42.6. The first-order valence-corrected chi connectivity index (χ1v) is 9.40. The van der Waals surface area contributed by atoms with E-state index in [9.17, 15) is 18.0 Å². The number of nitrogens with one attached hydrogen (secondary N) is 2. The molecule has 1 aromatic carbocycles. The average molecular weight is 422 g/mol. The van der Waals surface area contributed by atoms with Gasteiger partial charge in [-0.3, -0.25) is 4.79 Å². The van der Waals surface area contributed by atoms with Gasteiger partial charge in [-0.1, -0.05) is 0 Å². The molecule has 2 aromatic heterocycles. The molecule has 0 saturated heterocycles. The van der Waals surface area contributed by atoms with Gasteiger partial charge in [0.25, 0.3) is 5.91 Å². The molecule has 0 fully saturated rings. The summed E-state index contributed by atoms with van der Waals surface area (Å²) in [6, 6.07) is 9.55. The van der Waals surface area contributed by atoms with Gasteiger partial charge in [-0.2, -0.15) is 13.2 Å². The normalized spacial score (nSPS) is 11.2. The summed E-state index contributed by atoms with van der Waals surface area (Å²) in [5.41, 5.74) is 0.367. The maximum Gasteiger partial charge on any atom is 0.417 e. The Morgan fingerprint density at radius 2 is 1.90 bits per heavy atom. The number of rotatable bonds is 7. The highest BCUT2D eigenvalue weighted by molar-refractivity contribution is 7.13. The number of carbonyl (C=O) groups excluding carboxylic acids is 1. The van der Waals surface area contributed by atoms with Gasteiger partial charge in [-0.15, -0.1) is 11.3 Å². The lowest BCUT2D eigenvalue weighted by molar-refractivity contribution is -0.137. The van der Waals surface area contributed by atoms with Crippen LogP contribution in [0.2, 0.25) is 0 Å². The van der Waals surface area contributed by atoms with Crippen LogP contribution >= 0.6 is 11.3 Å². The zero-order valence-electron chi connectivity index (χ0n) is 15.3. The molecule has 152 valence electrons. The summed E-state index contributed by atoms with van der Waals surface area (Å²) in [5, 5.41) is 7.93. The number of pyridine rings is 1. The van der Waals surface area contributed by atoms with Gasteiger partial charge in [-0.05, 0) is 36.4 Å². The SMILES string of the molecule is COc1ccc(-c2nc(C(=O)NCCNc3ccc(C(F)(F)F)cn3)cs2)cc1. The summed E-state index contributed by atoms with van der Waals surface area (Å²) in [6.07, 6.45) is -3.66. The highest BCUT2D eigenvalue weighted by Crippen LogP contribution is 2.29. The summed E-state index contributed by atoms with van der Waals surface area (Å²) in [5.74, 6) is 0.698. The molecule has 3 aromatic rings. The fourth-order valence-corrected chi connectivity index (χ4v) is 3.17. The molecule has 2 N–H and O–H groups in total. The molecular formula is C19H17F3N4O2S. The molecule has 1 amide bonds. The molecule has 3 rings (SSSR count). The first-order chi connectivity index (χ1) is 13.9. The van der Waals surface area contributed by atoms with E-state index in [1.807, 2.05) is 24.3 Å². The first kappa shape index (κ1) is 20.6. The fourth-order valence-electron chi connectivity index (χ4n) is 2.37. The number of methoxy groups -OCH3 is 1. The van der Waals surface area contributed by atoms with Crippen LogP contribution in [0, 0.1) is 0 Å². The van der Waals surface area contributed by atoms with Gasteiger partial charge < -0.3 is 15.4 Å². The molecule has 0 unspecified atom stereocenters. The van der Waals surface area contributed by atoms with Gasteiger partial charge >= 0.3 is 6.18 Å². The Bertz CT molecular complexity index is 957. The number of halogens is 3. The topological polar surface area (TPSA) is 76.1 Å². The number of amides is 1. The Morgan fingerprint density at radius 3 is 2.52 bits per heavy atom. The van der Waals surface area contributed by atoms with Crippen LogP contribution in [0.25, 0.3) is 10.6 Å². The molecule has 0 saturated carbocycles. The Labute approximate surface area is 168 Å². The van der Waals surface area contributed by atoms with Crippen LogP contribution in [0.5, 0.6) is 5.75 Å². The van der Waals surface area contributed by atoms with Gasteiger partial charge in [0.1, 0.15) is 22.3 Å². The minimum absolute atomic E-state index is 0.261. The van der Waals surface area contributed by atoms with Crippen LogP contribution in [-0.4, -0.2) is 36.1 Å². The van der Waals surface area contributed by atoms with Crippen molar-refractivity contribution in [2.45, 2.75) is 6.18 Å². The Balaban J connectivity index is 1.48. The van der Waals surface area contributed by atoms with Crippen molar-refractivity contribution in [1.29, 1.82) is 0 Å². The van der Waals surface area contributed by atoms with Gasteiger partial charge in [0.2, 0.25) is 0 Å². The summed E-state index contributed by atoms with van der Waals surface area (Å²) in [7, 11) is 1.59. The number of hydrogen-bond acceptors (Lipinski definition) is 6. The Hall–Kier alpha value is -3.14. The molecule has 0 aliphatic heterocycles. The van der Waals surface area contributed by atoms with Crippen molar-refractivity contribution in [2.75, 3.05) is 25.5 Å². The van der Waals surface area contributed by atoms with E-state index in [0.717, 1.165) is 23.6 Å². The monoisotopic (exact) mass is 422 g/mol. The van der Waals surface area contributed by atoms with E-state index in [4.69, 9.17) is 4.74 Å². The van der Waals surface area contributed by atoms with Crippen molar-refractivity contribution in [3.05, 3.63) is 59.2 Å². The van der Waals surface area contributed by atoms with Gasteiger partial charge in [0, 0.05) is 30.2 Å². The molecule has 0 aliphatic carbocycles. The number of nitrogens with zero attached hydrogens (tertiary/aromatic N) is 2. The zero-order valence-corrected chi connectivity index (χ0v) is 16.1. The van der Waals surface area contributed by atoms with Crippen molar-refractivity contribution < 1.29 is 22.7 Å². The number of anilines is 1. The molecule has 0 aliphatic rings. The smallest absolute Gasteiger partial charge is 0.417 e. The molecule has 0 spiro atoms. The van der Waals surface area contributed by atoms with Crippen LogP contribution in [-0.2, 0) is 6.18 Å². The van der Waals surface area contributed by atoms with Crippen LogP contribution < -0.4 is 15.4 Å².